The highest BCUT2D eigenvalue weighted by Crippen LogP contribution is 2.28. The van der Waals surface area contributed by atoms with Gasteiger partial charge in [-0.25, -0.2) is 4.98 Å². The van der Waals surface area contributed by atoms with Crippen molar-refractivity contribution in [1.29, 1.82) is 5.26 Å². The Bertz CT molecular complexity index is 1100. The van der Waals surface area contributed by atoms with Gasteiger partial charge >= 0.3 is 0 Å². The van der Waals surface area contributed by atoms with Crippen LogP contribution in [0.1, 0.15) is 29.3 Å². The number of benzene rings is 1. The predicted octanol–water partition coefficient (Wildman–Crippen LogP) is 4.54. The number of ether oxygens (including phenoxy) is 2. The highest BCUT2D eigenvalue weighted by Gasteiger charge is 2.16. The minimum Gasteiger partial charge on any atom is -0.493 e. The lowest BCUT2D eigenvalue weighted by molar-refractivity contribution is 0.140. The number of rotatable bonds is 10. The predicted molar refractivity (Wildman–Crippen MR) is 122 cm³/mol. The molecule has 0 amide bonds. The van der Waals surface area contributed by atoms with Crippen LogP contribution in [0.3, 0.4) is 0 Å². The summed E-state index contributed by atoms with van der Waals surface area (Å²) >= 11 is 3.09. The molecule has 2 heterocycles. The fourth-order valence-electron chi connectivity index (χ4n) is 3.00. The number of aryl methyl sites for hydroxylation is 2. The van der Waals surface area contributed by atoms with Crippen LogP contribution < -0.4 is 10.3 Å². The van der Waals surface area contributed by atoms with Crippen LogP contribution >= 0.6 is 23.1 Å². The number of thioether (sulfide) groups is 1. The maximum atomic E-state index is 13.2. The van der Waals surface area contributed by atoms with Gasteiger partial charge in [-0.05, 0) is 57.0 Å². The Balaban J connectivity index is 1.73. The van der Waals surface area contributed by atoms with E-state index in [4.69, 9.17) is 19.7 Å². The molecule has 0 unspecified atom stereocenters. The summed E-state index contributed by atoms with van der Waals surface area (Å²) in [5.74, 6) is 1.38. The molecule has 2 aromatic heterocycles. The molecule has 0 saturated carbocycles. The minimum absolute atomic E-state index is 0.0221. The van der Waals surface area contributed by atoms with Gasteiger partial charge in [-0.1, -0.05) is 11.8 Å². The summed E-state index contributed by atoms with van der Waals surface area (Å²) in [7, 11) is 0. The lowest BCUT2D eigenvalue weighted by Gasteiger charge is -2.12. The van der Waals surface area contributed by atoms with Crippen LogP contribution in [0.4, 0.5) is 0 Å². The van der Waals surface area contributed by atoms with E-state index in [1.165, 1.54) is 11.8 Å². The maximum absolute atomic E-state index is 13.2. The molecule has 0 atom stereocenters. The van der Waals surface area contributed by atoms with Gasteiger partial charge in [0, 0.05) is 30.4 Å². The van der Waals surface area contributed by atoms with Gasteiger partial charge in [0.15, 0.2) is 5.16 Å². The van der Waals surface area contributed by atoms with Crippen molar-refractivity contribution >= 4 is 33.3 Å². The summed E-state index contributed by atoms with van der Waals surface area (Å²) in [4.78, 5) is 19.9. The molecule has 0 aliphatic carbocycles. The average Bonchev–Trinajstić information content (AvgIpc) is 3.04. The number of aromatic nitrogens is 2. The summed E-state index contributed by atoms with van der Waals surface area (Å²) in [6.07, 6.45) is 0.762. The molecule has 1 aromatic carbocycles. The number of nitrogens with zero attached hydrogens (tertiary/aromatic N) is 3. The average molecular weight is 444 g/mol. The van der Waals surface area contributed by atoms with Gasteiger partial charge in [0.2, 0.25) is 0 Å². The molecule has 6 nitrogen and oxygen atoms in total. The van der Waals surface area contributed by atoms with Crippen molar-refractivity contribution in [3.05, 3.63) is 50.6 Å². The summed E-state index contributed by atoms with van der Waals surface area (Å²) in [6.45, 7) is 8.32. The topological polar surface area (TPSA) is 77.1 Å². The van der Waals surface area contributed by atoms with Crippen LogP contribution in [-0.4, -0.2) is 35.1 Å². The van der Waals surface area contributed by atoms with Crippen molar-refractivity contribution in [2.45, 2.75) is 38.9 Å². The first-order valence-electron chi connectivity index (χ1n) is 9.89. The molecule has 0 saturated heterocycles. The van der Waals surface area contributed by atoms with E-state index in [9.17, 15) is 4.79 Å². The molecular formula is C22H25N3O3S2. The monoisotopic (exact) mass is 443 g/mol. The van der Waals surface area contributed by atoms with E-state index in [2.05, 4.69) is 6.07 Å². The first kappa shape index (κ1) is 22.3. The van der Waals surface area contributed by atoms with Gasteiger partial charge in [0.1, 0.15) is 10.6 Å². The molecular weight excluding hydrogens is 418 g/mol. The van der Waals surface area contributed by atoms with E-state index >= 15 is 0 Å². The van der Waals surface area contributed by atoms with E-state index in [1.54, 1.807) is 40.2 Å². The summed E-state index contributed by atoms with van der Waals surface area (Å²) in [5.41, 5.74) is 1.65. The van der Waals surface area contributed by atoms with E-state index < -0.39 is 0 Å². The number of hydrogen-bond acceptors (Lipinski definition) is 7. The van der Waals surface area contributed by atoms with E-state index in [0.717, 1.165) is 32.8 Å². The minimum atomic E-state index is 0.0221. The smallest absolute Gasteiger partial charge is 0.263 e. The van der Waals surface area contributed by atoms with Crippen molar-refractivity contribution in [2.75, 3.05) is 25.6 Å². The van der Waals surface area contributed by atoms with Crippen LogP contribution in [0.15, 0.2) is 34.2 Å². The summed E-state index contributed by atoms with van der Waals surface area (Å²) in [5, 5.41) is 10.3. The number of fused-ring (bicyclic) bond motifs is 1. The van der Waals surface area contributed by atoms with E-state index in [0.29, 0.717) is 42.8 Å². The Hall–Kier alpha value is -2.34. The van der Waals surface area contributed by atoms with Crippen molar-refractivity contribution in [2.24, 2.45) is 0 Å². The van der Waals surface area contributed by atoms with Crippen molar-refractivity contribution < 1.29 is 9.47 Å². The van der Waals surface area contributed by atoms with E-state index in [1.807, 2.05) is 20.8 Å². The second kappa shape index (κ2) is 10.6. The Morgan fingerprint density at radius 3 is 2.70 bits per heavy atom. The Kier molecular flexibility index (Phi) is 7.91. The van der Waals surface area contributed by atoms with Gasteiger partial charge < -0.3 is 9.47 Å². The lowest BCUT2D eigenvalue weighted by atomic mass is 10.2. The Morgan fingerprint density at radius 2 is 2.00 bits per heavy atom. The Labute approximate surface area is 184 Å². The standard InChI is InChI=1S/C22H25N3O3S2/c1-4-27-11-5-10-25-21(26)19-15(2)16(3)30-20(19)24-22(25)29-13-12-28-18-8-6-17(14-23)7-9-18/h6-9H,4-5,10-13H2,1-3H3. The van der Waals surface area contributed by atoms with Crippen LogP contribution in [0.2, 0.25) is 0 Å². The number of nitriles is 1. The quantitative estimate of drug-likeness (QED) is 0.260. The SMILES string of the molecule is CCOCCCn1c(SCCOc2ccc(C#N)cc2)nc2sc(C)c(C)c2c1=O. The lowest BCUT2D eigenvalue weighted by Crippen LogP contribution is -2.24. The molecule has 8 heteroatoms. The second-order valence-corrected chi connectivity index (χ2v) is 8.96. The third-order valence-electron chi connectivity index (χ3n) is 4.69. The zero-order chi connectivity index (χ0) is 21.5. The molecule has 0 fully saturated rings. The fraction of sp³-hybridized carbons (Fsp3) is 0.409. The molecule has 3 rings (SSSR count). The van der Waals surface area contributed by atoms with Gasteiger partial charge in [0.05, 0.1) is 23.6 Å². The zero-order valence-corrected chi connectivity index (χ0v) is 19.1. The van der Waals surface area contributed by atoms with Gasteiger partial charge in [-0.3, -0.25) is 9.36 Å². The first-order valence-corrected chi connectivity index (χ1v) is 11.7. The van der Waals surface area contributed by atoms with Crippen molar-refractivity contribution in [3.63, 3.8) is 0 Å². The molecule has 0 bridgehead atoms. The van der Waals surface area contributed by atoms with Gasteiger partial charge in [0.25, 0.3) is 5.56 Å². The van der Waals surface area contributed by atoms with Crippen LogP contribution in [0.25, 0.3) is 10.2 Å². The zero-order valence-electron chi connectivity index (χ0n) is 17.4. The molecule has 158 valence electrons. The largest absolute Gasteiger partial charge is 0.493 e. The Morgan fingerprint density at radius 1 is 1.23 bits per heavy atom. The first-order chi connectivity index (χ1) is 14.5. The van der Waals surface area contributed by atoms with Gasteiger partial charge in [-0.2, -0.15) is 5.26 Å². The summed E-state index contributed by atoms with van der Waals surface area (Å²) < 4.78 is 13.0. The summed E-state index contributed by atoms with van der Waals surface area (Å²) in [6, 6.07) is 9.13. The van der Waals surface area contributed by atoms with Crippen LogP contribution in [0, 0.1) is 25.2 Å². The highest BCUT2D eigenvalue weighted by molar-refractivity contribution is 7.99. The molecule has 0 spiro atoms. The highest BCUT2D eigenvalue weighted by atomic mass is 32.2. The second-order valence-electron chi connectivity index (χ2n) is 6.70. The van der Waals surface area contributed by atoms with Crippen LogP contribution in [-0.2, 0) is 11.3 Å². The molecule has 0 N–H and O–H groups in total. The van der Waals surface area contributed by atoms with Crippen LogP contribution in [0.5, 0.6) is 5.75 Å². The molecule has 0 aliphatic rings. The van der Waals surface area contributed by atoms with Crippen molar-refractivity contribution in [1.82, 2.24) is 9.55 Å². The fourth-order valence-corrected chi connectivity index (χ4v) is 4.92. The molecule has 30 heavy (non-hydrogen) atoms. The normalized spacial score (nSPS) is 11.0. The van der Waals surface area contributed by atoms with Crippen molar-refractivity contribution in [3.8, 4) is 11.8 Å². The maximum Gasteiger partial charge on any atom is 0.263 e. The number of thiophene rings is 1. The number of hydrogen-bond donors (Lipinski definition) is 0. The molecule has 0 aliphatic heterocycles. The third kappa shape index (κ3) is 5.22. The van der Waals surface area contributed by atoms with Gasteiger partial charge in [-0.15, -0.1) is 11.3 Å². The molecule has 3 aromatic rings. The molecule has 0 radical (unpaired) electrons. The van der Waals surface area contributed by atoms with E-state index in [-0.39, 0.29) is 5.56 Å². The third-order valence-corrected chi connectivity index (χ3v) is 6.74.